The molecule has 1 unspecified atom stereocenters. The Balaban J connectivity index is 4.03. The third kappa shape index (κ3) is 57.3. The molecule has 6 heteroatoms. The Morgan fingerprint density at radius 1 is 0.229 bits per heavy atom. The predicted octanol–water partition coefficient (Wildman–Crippen LogP) is 21.5. The average Bonchev–Trinajstić information content (AvgIpc) is 3.36. The first kappa shape index (κ1) is 68.4. The minimum atomic E-state index is -0.761. The van der Waals surface area contributed by atoms with Crippen LogP contribution in [0.3, 0.4) is 0 Å². The molecule has 416 valence electrons. The summed E-state index contributed by atoms with van der Waals surface area (Å²) < 4.78 is 16.9. The minimum Gasteiger partial charge on any atom is -0.462 e. The summed E-state index contributed by atoms with van der Waals surface area (Å²) >= 11 is 0. The monoisotopic (exact) mass is 989 g/mol. The van der Waals surface area contributed by atoms with Gasteiger partial charge in [-0.25, -0.2) is 0 Å². The van der Waals surface area contributed by atoms with Crippen LogP contribution in [-0.2, 0) is 28.6 Å². The topological polar surface area (TPSA) is 78.9 Å². The molecule has 0 saturated heterocycles. The standard InChI is InChI=1S/C64H124O6/c1-4-7-10-13-16-19-22-24-25-26-27-28-29-30-31-32-33-34-35-36-37-38-39-40-43-45-48-51-54-57-63(66)69-60-61(59-68-62(65)56-53-50-47-44-41-21-18-15-12-9-6-3)70-64(67)58-55-52-49-46-42-23-20-17-14-11-8-5-2/h61H,4-60H2,1-3H3. The van der Waals surface area contributed by atoms with Crippen molar-refractivity contribution in [3.8, 4) is 0 Å². The predicted molar refractivity (Wildman–Crippen MR) is 303 cm³/mol. The Bertz CT molecular complexity index is 1040. The molecule has 70 heavy (non-hydrogen) atoms. The first-order valence-corrected chi connectivity index (χ1v) is 32.0. The lowest BCUT2D eigenvalue weighted by molar-refractivity contribution is -0.167. The van der Waals surface area contributed by atoms with Gasteiger partial charge in [0, 0.05) is 19.3 Å². The molecule has 0 aliphatic heterocycles. The molecule has 0 bridgehead atoms. The lowest BCUT2D eigenvalue weighted by Gasteiger charge is -2.18. The SMILES string of the molecule is CCCCCCCCCCCCCCCCCCCCCCCCCCCCCCCC(=O)OCC(COC(=O)CCCCCCCCCCCCC)OC(=O)CCCCCCCCCCCCCC. The molecule has 0 spiro atoms. The third-order valence-electron chi connectivity index (χ3n) is 14.9. The van der Waals surface area contributed by atoms with Crippen molar-refractivity contribution >= 4 is 17.9 Å². The van der Waals surface area contributed by atoms with Gasteiger partial charge >= 0.3 is 17.9 Å². The molecule has 0 fully saturated rings. The van der Waals surface area contributed by atoms with Gasteiger partial charge in [0.2, 0.25) is 0 Å². The molecule has 0 rings (SSSR count). The second-order valence-corrected chi connectivity index (χ2v) is 22.1. The van der Waals surface area contributed by atoms with Crippen molar-refractivity contribution in [2.24, 2.45) is 0 Å². The summed E-state index contributed by atoms with van der Waals surface area (Å²) in [6.45, 7) is 6.70. The molecular formula is C64H124O6. The van der Waals surface area contributed by atoms with Gasteiger partial charge in [-0.1, -0.05) is 335 Å². The summed E-state index contributed by atoms with van der Waals surface area (Å²) in [7, 11) is 0. The third-order valence-corrected chi connectivity index (χ3v) is 14.9. The van der Waals surface area contributed by atoms with Crippen LogP contribution < -0.4 is 0 Å². The maximum Gasteiger partial charge on any atom is 0.306 e. The first-order chi connectivity index (χ1) is 34.5. The Hall–Kier alpha value is -1.59. The second kappa shape index (κ2) is 60.0. The quantitative estimate of drug-likeness (QED) is 0.0343. The van der Waals surface area contributed by atoms with Gasteiger partial charge in [0.25, 0.3) is 0 Å². The molecule has 0 saturated carbocycles. The largest absolute Gasteiger partial charge is 0.462 e. The van der Waals surface area contributed by atoms with E-state index in [2.05, 4.69) is 20.8 Å². The number of ether oxygens (including phenoxy) is 3. The number of esters is 3. The Morgan fingerprint density at radius 3 is 0.571 bits per heavy atom. The highest BCUT2D eigenvalue weighted by Gasteiger charge is 2.19. The zero-order valence-corrected chi connectivity index (χ0v) is 47.8. The number of hydrogen-bond donors (Lipinski definition) is 0. The van der Waals surface area contributed by atoms with Gasteiger partial charge in [-0.05, 0) is 19.3 Å². The van der Waals surface area contributed by atoms with Gasteiger partial charge in [-0.15, -0.1) is 0 Å². The van der Waals surface area contributed by atoms with Crippen LogP contribution in [0, 0.1) is 0 Å². The van der Waals surface area contributed by atoms with Gasteiger partial charge in [-0.2, -0.15) is 0 Å². The number of carbonyl (C=O) groups excluding carboxylic acids is 3. The maximum absolute atomic E-state index is 12.8. The van der Waals surface area contributed by atoms with E-state index in [1.54, 1.807) is 0 Å². The van der Waals surface area contributed by atoms with Crippen LogP contribution in [0.1, 0.15) is 374 Å². The van der Waals surface area contributed by atoms with E-state index in [0.717, 1.165) is 57.8 Å². The van der Waals surface area contributed by atoms with Crippen molar-refractivity contribution in [1.29, 1.82) is 0 Å². The van der Waals surface area contributed by atoms with Gasteiger partial charge in [0.05, 0.1) is 0 Å². The molecular weight excluding hydrogens is 865 g/mol. The fourth-order valence-electron chi connectivity index (χ4n) is 10.0. The molecule has 0 aliphatic carbocycles. The van der Waals surface area contributed by atoms with Crippen LogP contribution in [0.4, 0.5) is 0 Å². The number of unbranched alkanes of at least 4 members (excludes halogenated alkanes) is 49. The lowest BCUT2D eigenvalue weighted by atomic mass is 10.0. The van der Waals surface area contributed by atoms with E-state index >= 15 is 0 Å². The molecule has 1 atom stereocenters. The summed E-state index contributed by atoms with van der Waals surface area (Å²) in [6, 6.07) is 0. The fraction of sp³-hybridized carbons (Fsp3) is 0.953. The summed E-state index contributed by atoms with van der Waals surface area (Å²) in [5.74, 6) is -0.833. The van der Waals surface area contributed by atoms with E-state index in [4.69, 9.17) is 14.2 Å². The number of rotatable bonds is 60. The van der Waals surface area contributed by atoms with Gasteiger partial charge < -0.3 is 14.2 Å². The van der Waals surface area contributed by atoms with E-state index in [1.807, 2.05) is 0 Å². The smallest absolute Gasteiger partial charge is 0.306 e. The molecule has 6 nitrogen and oxygen atoms in total. The zero-order chi connectivity index (χ0) is 50.7. The van der Waals surface area contributed by atoms with Crippen molar-refractivity contribution in [2.75, 3.05) is 13.2 Å². The molecule has 0 aromatic rings. The maximum atomic E-state index is 12.8. The van der Waals surface area contributed by atoms with E-state index in [1.165, 1.54) is 276 Å². The number of hydrogen-bond acceptors (Lipinski definition) is 6. The molecule has 0 aromatic carbocycles. The normalized spacial score (nSPS) is 11.9. The Kier molecular flexibility index (Phi) is 58.6. The summed E-state index contributed by atoms with van der Waals surface area (Å²) in [5.41, 5.74) is 0. The Labute approximate surface area is 438 Å². The van der Waals surface area contributed by atoms with Crippen LogP contribution in [-0.4, -0.2) is 37.2 Å². The van der Waals surface area contributed by atoms with Crippen molar-refractivity contribution in [2.45, 2.75) is 380 Å². The van der Waals surface area contributed by atoms with Crippen LogP contribution in [0.2, 0.25) is 0 Å². The molecule has 0 amide bonds. The highest BCUT2D eigenvalue weighted by Crippen LogP contribution is 2.19. The average molecular weight is 990 g/mol. The molecule has 0 N–H and O–H groups in total. The van der Waals surface area contributed by atoms with E-state index in [9.17, 15) is 14.4 Å². The van der Waals surface area contributed by atoms with E-state index in [0.29, 0.717) is 19.3 Å². The Morgan fingerprint density at radius 2 is 0.386 bits per heavy atom. The fourth-order valence-corrected chi connectivity index (χ4v) is 10.0. The highest BCUT2D eigenvalue weighted by molar-refractivity contribution is 5.71. The van der Waals surface area contributed by atoms with Gasteiger partial charge in [-0.3, -0.25) is 14.4 Å². The summed E-state index contributed by atoms with van der Waals surface area (Å²) in [6.07, 6.45) is 68.5. The van der Waals surface area contributed by atoms with E-state index < -0.39 is 6.10 Å². The van der Waals surface area contributed by atoms with Crippen LogP contribution in [0.25, 0.3) is 0 Å². The van der Waals surface area contributed by atoms with Crippen LogP contribution in [0.15, 0.2) is 0 Å². The van der Waals surface area contributed by atoms with Crippen LogP contribution in [0.5, 0.6) is 0 Å². The summed E-state index contributed by atoms with van der Waals surface area (Å²) in [5, 5.41) is 0. The van der Waals surface area contributed by atoms with Crippen LogP contribution >= 0.6 is 0 Å². The zero-order valence-electron chi connectivity index (χ0n) is 47.8. The van der Waals surface area contributed by atoms with Gasteiger partial charge in [0.1, 0.15) is 13.2 Å². The highest BCUT2D eigenvalue weighted by atomic mass is 16.6. The van der Waals surface area contributed by atoms with Crippen molar-refractivity contribution in [1.82, 2.24) is 0 Å². The summed E-state index contributed by atoms with van der Waals surface area (Å²) in [4.78, 5) is 38.1. The number of carbonyl (C=O) groups is 3. The van der Waals surface area contributed by atoms with Crippen molar-refractivity contribution in [3.63, 3.8) is 0 Å². The molecule has 0 aliphatic rings. The van der Waals surface area contributed by atoms with Gasteiger partial charge in [0.15, 0.2) is 6.10 Å². The molecule has 0 heterocycles. The lowest BCUT2D eigenvalue weighted by Crippen LogP contribution is -2.30. The minimum absolute atomic E-state index is 0.0612. The molecule has 0 aromatic heterocycles. The molecule has 0 radical (unpaired) electrons. The van der Waals surface area contributed by atoms with Crippen molar-refractivity contribution in [3.05, 3.63) is 0 Å². The van der Waals surface area contributed by atoms with E-state index in [-0.39, 0.29) is 31.1 Å². The van der Waals surface area contributed by atoms with Crippen molar-refractivity contribution < 1.29 is 28.6 Å². The first-order valence-electron chi connectivity index (χ1n) is 32.0. The second-order valence-electron chi connectivity index (χ2n) is 22.1.